The van der Waals surface area contributed by atoms with E-state index in [9.17, 15) is 4.79 Å². The summed E-state index contributed by atoms with van der Waals surface area (Å²) in [6, 6.07) is 8.16. The standard InChI is InChI=1S/C15H23NO2/c1-11-6-8-13(9-7-11)12(2)16-14(17)10-18-15(3,4)5/h6-9,12H,10H2,1-5H3,(H,16,17)/t12-/m0/s1. The first kappa shape index (κ1) is 14.7. The minimum atomic E-state index is -0.287. The van der Waals surface area contributed by atoms with Gasteiger partial charge in [0.15, 0.2) is 0 Å². The van der Waals surface area contributed by atoms with Crippen molar-refractivity contribution in [2.45, 2.75) is 46.3 Å². The number of hydrogen-bond donors (Lipinski definition) is 1. The summed E-state index contributed by atoms with van der Waals surface area (Å²) >= 11 is 0. The lowest BCUT2D eigenvalue weighted by atomic mass is 10.1. The van der Waals surface area contributed by atoms with Gasteiger partial charge < -0.3 is 10.1 Å². The molecule has 0 radical (unpaired) electrons. The molecule has 0 saturated heterocycles. The molecular weight excluding hydrogens is 226 g/mol. The Kier molecular flexibility index (Phi) is 4.91. The predicted molar refractivity (Wildman–Crippen MR) is 73.4 cm³/mol. The van der Waals surface area contributed by atoms with Crippen molar-refractivity contribution in [1.29, 1.82) is 0 Å². The highest BCUT2D eigenvalue weighted by atomic mass is 16.5. The summed E-state index contributed by atoms with van der Waals surface area (Å²) < 4.78 is 5.43. The van der Waals surface area contributed by atoms with Crippen LogP contribution in [0.4, 0.5) is 0 Å². The molecule has 0 aliphatic rings. The number of nitrogens with one attached hydrogen (secondary N) is 1. The van der Waals surface area contributed by atoms with E-state index in [0.29, 0.717) is 0 Å². The van der Waals surface area contributed by atoms with Gasteiger partial charge in [0.25, 0.3) is 0 Å². The maximum Gasteiger partial charge on any atom is 0.246 e. The zero-order valence-corrected chi connectivity index (χ0v) is 11.9. The number of amides is 1. The van der Waals surface area contributed by atoms with E-state index in [4.69, 9.17) is 4.74 Å². The van der Waals surface area contributed by atoms with Gasteiger partial charge in [-0.3, -0.25) is 4.79 Å². The van der Waals surface area contributed by atoms with Crippen molar-refractivity contribution in [1.82, 2.24) is 5.32 Å². The molecule has 18 heavy (non-hydrogen) atoms. The van der Waals surface area contributed by atoms with Crippen LogP contribution in [0, 0.1) is 6.92 Å². The lowest BCUT2D eigenvalue weighted by Crippen LogP contribution is -2.33. The quantitative estimate of drug-likeness (QED) is 0.891. The van der Waals surface area contributed by atoms with E-state index in [1.165, 1.54) is 5.56 Å². The van der Waals surface area contributed by atoms with Crippen LogP contribution in [-0.2, 0) is 9.53 Å². The van der Waals surface area contributed by atoms with Gasteiger partial charge in [0.2, 0.25) is 5.91 Å². The molecule has 1 aromatic rings. The molecule has 0 aliphatic heterocycles. The molecule has 0 unspecified atom stereocenters. The Morgan fingerprint density at radius 3 is 2.33 bits per heavy atom. The number of ether oxygens (including phenoxy) is 1. The Labute approximate surface area is 110 Å². The van der Waals surface area contributed by atoms with Crippen molar-refractivity contribution in [3.8, 4) is 0 Å². The summed E-state index contributed by atoms with van der Waals surface area (Å²) in [5.74, 6) is -0.0852. The van der Waals surface area contributed by atoms with Crippen LogP contribution in [0.15, 0.2) is 24.3 Å². The van der Waals surface area contributed by atoms with E-state index < -0.39 is 0 Å². The van der Waals surface area contributed by atoms with Crippen LogP contribution in [0.3, 0.4) is 0 Å². The minimum absolute atomic E-state index is 0.00154. The molecule has 1 aromatic carbocycles. The van der Waals surface area contributed by atoms with Gasteiger partial charge in [-0.15, -0.1) is 0 Å². The SMILES string of the molecule is Cc1ccc([C@H](C)NC(=O)COC(C)(C)C)cc1. The first-order valence-corrected chi connectivity index (χ1v) is 6.28. The molecule has 1 atom stereocenters. The molecular formula is C15H23NO2. The molecule has 0 aromatic heterocycles. The summed E-state index contributed by atoms with van der Waals surface area (Å²) in [5.41, 5.74) is 2.03. The van der Waals surface area contributed by atoms with Crippen LogP contribution < -0.4 is 5.32 Å². The Morgan fingerprint density at radius 2 is 1.83 bits per heavy atom. The van der Waals surface area contributed by atoms with E-state index >= 15 is 0 Å². The maximum absolute atomic E-state index is 11.7. The number of rotatable bonds is 4. The van der Waals surface area contributed by atoms with Crippen molar-refractivity contribution in [3.05, 3.63) is 35.4 Å². The maximum atomic E-state index is 11.7. The number of hydrogen-bond acceptors (Lipinski definition) is 2. The summed E-state index contributed by atoms with van der Waals surface area (Å²) in [4.78, 5) is 11.7. The topological polar surface area (TPSA) is 38.3 Å². The van der Waals surface area contributed by atoms with Gasteiger partial charge >= 0.3 is 0 Å². The molecule has 0 bridgehead atoms. The first-order valence-electron chi connectivity index (χ1n) is 6.28. The van der Waals surface area contributed by atoms with E-state index in [1.54, 1.807) is 0 Å². The van der Waals surface area contributed by atoms with Gasteiger partial charge in [-0.2, -0.15) is 0 Å². The molecule has 3 heteroatoms. The summed E-state index contributed by atoms with van der Waals surface area (Å²) in [6.07, 6.45) is 0. The molecule has 0 saturated carbocycles. The van der Waals surface area contributed by atoms with E-state index in [2.05, 4.69) is 5.32 Å². The monoisotopic (exact) mass is 249 g/mol. The third kappa shape index (κ3) is 5.32. The number of carbonyl (C=O) groups is 1. The van der Waals surface area contributed by atoms with Gasteiger partial charge in [0.05, 0.1) is 11.6 Å². The zero-order chi connectivity index (χ0) is 13.8. The first-order chi connectivity index (χ1) is 8.28. The third-order valence-corrected chi connectivity index (χ3v) is 2.59. The van der Waals surface area contributed by atoms with Crippen LogP contribution in [0.1, 0.15) is 44.9 Å². The highest BCUT2D eigenvalue weighted by Crippen LogP contribution is 2.13. The fourth-order valence-electron chi connectivity index (χ4n) is 1.50. The molecule has 0 fully saturated rings. The van der Waals surface area contributed by atoms with Crippen LogP contribution in [0.2, 0.25) is 0 Å². The zero-order valence-electron chi connectivity index (χ0n) is 11.9. The predicted octanol–water partition coefficient (Wildman–Crippen LogP) is 2.99. The molecule has 0 spiro atoms. The highest BCUT2D eigenvalue weighted by Gasteiger charge is 2.14. The van der Waals surface area contributed by atoms with Gasteiger partial charge in [-0.05, 0) is 40.2 Å². The van der Waals surface area contributed by atoms with Crippen molar-refractivity contribution in [2.75, 3.05) is 6.61 Å². The average Bonchev–Trinajstić information content (AvgIpc) is 2.26. The van der Waals surface area contributed by atoms with Crippen molar-refractivity contribution in [3.63, 3.8) is 0 Å². The largest absolute Gasteiger partial charge is 0.366 e. The van der Waals surface area contributed by atoms with E-state index in [-0.39, 0.29) is 24.2 Å². The van der Waals surface area contributed by atoms with E-state index in [0.717, 1.165) is 5.56 Å². The lowest BCUT2D eigenvalue weighted by Gasteiger charge is -2.20. The van der Waals surface area contributed by atoms with E-state index in [1.807, 2.05) is 58.9 Å². The molecule has 0 aliphatic carbocycles. The second kappa shape index (κ2) is 6.01. The normalized spacial score (nSPS) is 13.2. The molecule has 1 amide bonds. The third-order valence-electron chi connectivity index (χ3n) is 2.59. The van der Waals surface area contributed by atoms with Gasteiger partial charge in [0.1, 0.15) is 6.61 Å². The van der Waals surface area contributed by atoms with Gasteiger partial charge in [-0.25, -0.2) is 0 Å². The number of benzene rings is 1. The second-order valence-corrected chi connectivity index (χ2v) is 5.60. The Balaban J connectivity index is 2.47. The summed E-state index contributed by atoms with van der Waals surface area (Å²) in [6.45, 7) is 9.92. The fourth-order valence-corrected chi connectivity index (χ4v) is 1.50. The van der Waals surface area contributed by atoms with Crippen molar-refractivity contribution >= 4 is 5.91 Å². The van der Waals surface area contributed by atoms with Crippen molar-refractivity contribution < 1.29 is 9.53 Å². The van der Waals surface area contributed by atoms with Crippen LogP contribution in [0.25, 0.3) is 0 Å². The molecule has 1 rings (SSSR count). The fraction of sp³-hybridized carbons (Fsp3) is 0.533. The lowest BCUT2D eigenvalue weighted by molar-refractivity contribution is -0.131. The summed E-state index contributed by atoms with van der Waals surface area (Å²) in [5, 5.41) is 2.92. The van der Waals surface area contributed by atoms with Gasteiger partial charge in [-0.1, -0.05) is 29.8 Å². The number of carbonyl (C=O) groups excluding carboxylic acids is 1. The highest BCUT2D eigenvalue weighted by molar-refractivity contribution is 5.77. The van der Waals surface area contributed by atoms with Crippen LogP contribution in [-0.4, -0.2) is 18.1 Å². The minimum Gasteiger partial charge on any atom is -0.366 e. The second-order valence-electron chi connectivity index (χ2n) is 5.60. The molecule has 3 nitrogen and oxygen atoms in total. The number of aryl methyl sites for hydroxylation is 1. The summed E-state index contributed by atoms with van der Waals surface area (Å²) in [7, 11) is 0. The molecule has 1 N–H and O–H groups in total. The van der Waals surface area contributed by atoms with Crippen LogP contribution in [0.5, 0.6) is 0 Å². The molecule has 100 valence electrons. The Hall–Kier alpha value is -1.35. The van der Waals surface area contributed by atoms with Crippen LogP contribution >= 0.6 is 0 Å². The molecule has 0 heterocycles. The van der Waals surface area contributed by atoms with Gasteiger partial charge in [0, 0.05) is 0 Å². The average molecular weight is 249 g/mol. The smallest absolute Gasteiger partial charge is 0.246 e. The Bertz CT molecular complexity index is 390. The Morgan fingerprint density at radius 1 is 1.28 bits per heavy atom. The van der Waals surface area contributed by atoms with Crippen molar-refractivity contribution in [2.24, 2.45) is 0 Å².